The van der Waals surface area contributed by atoms with Crippen LogP contribution in [0.5, 0.6) is 0 Å². The van der Waals surface area contributed by atoms with Gasteiger partial charge in [-0.2, -0.15) is 4.52 Å². The van der Waals surface area contributed by atoms with Gasteiger partial charge >= 0.3 is 0 Å². The molecule has 5 rings (SSSR count). The van der Waals surface area contributed by atoms with E-state index in [1.807, 2.05) is 12.1 Å². The van der Waals surface area contributed by atoms with Crippen LogP contribution in [-0.2, 0) is 9.53 Å². The molecule has 2 aromatic heterocycles. The van der Waals surface area contributed by atoms with E-state index in [1.54, 1.807) is 10.8 Å². The van der Waals surface area contributed by atoms with Crippen LogP contribution in [0.2, 0.25) is 0 Å². The molecule has 0 atom stereocenters. The number of amides is 1. The van der Waals surface area contributed by atoms with Gasteiger partial charge in [0.05, 0.1) is 12.2 Å². The highest BCUT2D eigenvalue weighted by Crippen LogP contribution is 2.27. The van der Waals surface area contributed by atoms with Crippen LogP contribution in [0.3, 0.4) is 0 Å². The molecule has 2 aromatic rings. The first kappa shape index (κ1) is 19.7. The summed E-state index contributed by atoms with van der Waals surface area (Å²) in [7, 11) is 0. The van der Waals surface area contributed by atoms with Crippen molar-refractivity contribution in [1.82, 2.24) is 24.7 Å². The van der Waals surface area contributed by atoms with E-state index < -0.39 is 0 Å². The lowest BCUT2D eigenvalue weighted by Crippen LogP contribution is -2.47. The first-order chi connectivity index (χ1) is 14.8. The van der Waals surface area contributed by atoms with Gasteiger partial charge < -0.3 is 14.5 Å². The molecule has 0 spiro atoms. The predicted molar refractivity (Wildman–Crippen MR) is 113 cm³/mol. The van der Waals surface area contributed by atoms with Crippen molar-refractivity contribution >= 4 is 17.4 Å². The van der Waals surface area contributed by atoms with E-state index in [0.717, 1.165) is 63.3 Å². The number of hydrogen-bond acceptors (Lipinski definition) is 6. The number of rotatable bonds is 4. The fraction of sp³-hybridized carbons (Fsp3) is 0.727. The molecule has 2 aliphatic heterocycles. The van der Waals surface area contributed by atoms with E-state index in [2.05, 4.69) is 25.1 Å². The van der Waals surface area contributed by atoms with E-state index in [9.17, 15) is 4.79 Å². The first-order valence-electron chi connectivity index (χ1n) is 11.6. The van der Waals surface area contributed by atoms with Gasteiger partial charge in [0.1, 0.15) is 12.1 Å². The number of piperidine rings is 2. The molecule has 0 radical (unpaired) electrons. The Bertz CT molecular complexity index is 848. The monoisotopic (exact) mass is 412 g/mol. The minimum atomic E-state index is 0.135. The van der Waals surface area contributed by atoms with Gasteiger partial charge in [-0.25, -0.2) is 0 Å². The maximum atomic E-state index is 13.1. The molecular formula is C22H32N6O2. The molecule has 30 heavy (non-hydrogen) atoms. The number of fused-ring (bicyclic) bond motifs is 1. The van der Waals surface area contributed by atoms with Crippen LogP contribution in [-0.4, -0.2) is 69.0 Å². The second-order valence-corrected chi connectivity index (χ2v) is 9.01. The molecular weight excluding hydrogens is 380 g/mol. The standard InChI is InChI=1S/C22H32N6O2/c29-22(27-14-10-19(11-15-27)30-18-4-2-1-3-5-18)17-8-12-26(13-9-17)21-7-6-20-24-23-16-28(20)25-21/h6-7,16-19H,1-5,8-15H2. The van der Waals surface area contributed by atoms with Crippen molar-refractivity contribution in [1.29, 1.82) is 0 Å². The summed E-state index contributed by atoms with van der Waals surface area (Å²) in [6, 6.07) is 3.93. The van der Waals surface area contributed by atoms with Gasteiger partial charge in [0, 0.05) is 32.1 Å². The molecule has 0 bridgehead atoms. The molecule has 1 aliphatic carbocycles. The first-order valence-corrected chi connectivity index (χ1v) is 11.6. The summed E-state index contributed by atoms with van der Waals surface area (Å²) in [5.41, 5.74) is 0.750. The zero-order valence-electron chi connectivity index (χ0n) is 17.7. The van der Waals surface area contributed by atoms with Gasteiger partial charge in [-0.15, -0.1) is 15.3 Å². The van der Waals surface area contributed by atoms with Crippen LogP contribution in [0.15, 0.2) is 18.5 Å². The number of carbonyl (C=O) groups is 1. The van der Waals surface area contributed by atoms with Crippen LogP contribution in [0.25, 0.3) is 5.65 Å². The van der Waals surface area contributed by atoms with E-state index in [-0.39, 0.29) is 5.92 Å². The number of ether oxygens (including phenoxy) is 1. The Hall–Kier alpha value is -2.22. The second-order valence-electron chi connectivity index (χ2n) is 9.01. The van der Waals surface area contributed by atoms with Gasteiger partial charge in [-0.05, 0) is 50.7 Å². The lowest BCUT2D eigenvalue weighted by molar-refractivity contribution is -0.140. The Morgan fingerprint density at radius 2 is 1.63 bits per heavy atom. The number of hydrogen-bond donors (Lipinski definition) is 0. The van der Waals surface area contributed by atoms with Crippen molar-refractivity contribution in [3.63, 3.8) is 0 Å². The molecule has 1 amide bonds. The van der Waals surface area contributed by atoms with Gasteiger partial charge in [-0.1, -0.05) is 19.3 Å². The number of nitrogens with zero attached hydrogens (tertiary/aromatic N) is 6. The van der Waals surface area contributed by atoms with Crippen molar-refractivity contribution in [2.45, 2.75) is 70.0 Å². The number of carbonyl (C=O) groups excluding carboxylic acids is 1. The molecule has 0 unspecified atom stereocenters. The van der Waals surface area contributed by atoms with Crippen molar-refractivity contribution < 1.29 is 9.53 Å². The third-order valence-electron chi connectivity index (χ3n) is 7.01. The van der Waals surface area contributed by atoms with Crippen molar-refractivity contribution in [2.75, 3.05) is 31.1 Å². The van der Waals surface area contributed by atoms with Crippen LogP contribution in [0.4, 0.5) is 5.82 Å². The van der Waals surface area contributed by atoms with Crippen LogP contribution in [0, 0.1) is 5.92 Å². The summed E-state index contributed by atoms with van der Waals surface area (Å²) >= 11 is 0. The Kier molecular flexibility index (Phi) is 5.84. The maximum Gasteiger partial charge on any atom is 0.225 e. The third kappa shape index (κ3) is 4.29. The molecule has 3 aliphatic rings. The summed E-state index contributed by atoms with van der Waals surface area (Å²) in [5, 5.41) is 12.5. The average Bonchev–Trinajstić information content (AvgIpc) is 3.28. The highest BCUT2D eigenvalue weighted by molar-refractivity contribution is 5.79. The zero-order valence-corrected chi connectivity index (χ0v) is 17.7. The van der Waals surface area contributed by atoms with Gasteiger partial charge in [-0.3, -0.25) is 4.79 Å². The van der Waals surface area contributed by atoms with E-state index in [0.29, 0.717) is 18.1 Å². The summed E-state index contributed by atoms with van der Waals surface area (Å²) in [5.74, 6) is 1.40. The van der Waals surface area contributed by atoms with Gasteiger partial charge in [0.25, 0.3) is 0 Å². The molecule has 0 N–H and O–H groups in total. The lowest BCUT2D eigenvalue weighted by atomic mass is 9.93. The highest BCUT2D eigenvalue weighted by Gasteiger charge is 2.32. The Labute approximate surface area is 177 Å². The largest absolute Gasteiger partial charge is 0.375 e. The third-order valence-corrected chi connectivity index (χ3v) is 7.01. The minimum Gasteiger partial charge on any atom is -0.375 e. The van der Waals surface area contributed by atoms with Crippen LogP contribution < -0.4 is 4.90 Å². The SMILES string of the molecule is O=C(C1CCN(c2ccc3nncn3n2)CC1)N1CCC(OC2CCCCC2)CC1. The molecule has 3 fully saturated rings. The van der Waals surface area contributed by atoms with Crippen LogP contribution in [0.1, 0.15) is 57.8 Å². The number of anilines is 1. The minimum absolute atomic E-state index is 0.135. The Morgan fingerprint density at radius 3 is 2.40 bits per heavy atom. The Morgan fingerprint density at radius 1 is 0.900 bits per heavy atom. The lowest BCUT2D eigenvalue weighted by Gasteiger charge is -2.38. The fourth-order valence-electron chi connectivity index (χ4n) is 5.19. The molecule has 4 heterocycles. The van der Waals surface area contributed by atoms with Gasteiger partial charge in [0.2, 0.25) is 5.91 Å². The summed E-state index contributed by atoms with van der Waals surface area (Å²) in [6.45, 7) is 3.42. The average molecular weight is 413 g/mol. The predicted octanol–water partition coefficient (Wildman–Crippen LogP) is 2.68. The summed E-state index contributed by atoms with van der Waals surface area (Å²) in [4.78, 5) is 17.4. The molecule has 2 saturated heterocycles. The van der Waals surface area contributed by atoms with E-state index in [4.69, 9.17) is 4.74 Å². The maximum absolute atomic E-state index is 13.1. The molecule has 1 saturated carbocycles. The van der Waals surface area contributed by atoms with Crippen molar-refractivity contribution in [3.05, 3.63) is 18.5 Å². The Balaban J connectivity index is 1.09. The van der Waals surface area contributed by atoms with Crippen LogP contribution >= 0.6 is 0 Å². The van der Waals surface area contributed by atoms with Crippen molar-refractivity contribution in [2.24, 2.45) is 5.92 Å². The van der Waals surface area contributed by atoms with E-state index >= 15 is 0 Å². The second kappa shape index (κ2) is 8.88. The highest BCUT2D eigenvalue weighted by atomic mass is 16.5. The molecule has 0 aromatic carbocycles. The van der Waals surface area contributed by atoms with E-state index in [1.165, 1.54) is 32.1 Å². The quantitative estimate of drug-likeness (QED) is 0.769. The summed E-state index contributed by atoms with van der Waals surface area (Å²) < 4.78 is 8.03. The molecule has 8 heteroatoms. The molecule has 8 nitrogen and oxygen atoms in total. The summed E-state index contributed by atoms with van der Waals surface area (Å²) in [6.07, 6.45) is 12.6. The normalized spacial score (nSPS) is 22.7. The number of aromatic nitrogens is 4. The smallest absolute Gasteiger partial charge is 0.225 e. The van der Waals surface area contributed by atoms with Gasteiger partial charge in [0.15, 0.2) is 5.65 Å². The zero-order chi connectivity index (χ0) is 20.3. The molecule has 162 valence electrons. The topological polar surface area (TPSA) is 75.9 Å². The number of likely N-dealkylation sites (tertiary alicyclic amines) is 1. The van der Waals surface area contributed by atoms with Crippen molar-refractivity contribution in [3.8, 4) is 0 Å². The fourth-order valence-corrected chi connectivity index (χ4v) is 5.19.